The number of hydrogen-bond donors (Lipinski definition) is 3. The van der Waals surface area contributed by atoms with E-state index in [0.717, 1.165) is 25.8 Å². The number of alkyl carbamates (subject to hydrolysis) is 1. The van der Waals surface area contributed by atoms with Crippen LogP contribution in [-0.2, 0) is 11.3 Å². The van der Waals surface area contributed by atoms with Crippen LogP contribution in [0.1, 0.15) is 142 Å². The standard InChI is InChI=1S/C33H58N4O4/c1-4-5-6-7-8-9-10-11-12-13-14-15-16-17-18-19-23-35-32(39)30-22-21-28(31(34)38)26-29(30)27-41-33(40)36-24-20-25-37(2)3/h21-22,26H,4-20,23-25,27H2,1-3H3,(H2,34,38)(H,35,39)(H,36,40). The summed E-state index contributed by atoms with van der Waals surface area (Å²) in [5.74, 6) is -0.841. The van der Waals surface area contributed by atoms with E-state index in [2.05, 4.69) is 17.6 Å². The molecule has 0 saturated heterocycles. The minimum Gasteiger partial charge on any atom is -0.445 e. The average molecular weight is 575 g/mol. The Morgan fingerprint density at radius 3 is 1.76 bits per heavy atom. The highest BCUT2D eigenvalue weighted by Gasteiger charge is 2.15. The fraction of sp³-hybridized carbons (Fsp3) is 0.727. The number of carbonyl (C=O) groups excluding carboxylic acids is 3. The van der Waals surface area contributed by atoms with E-state index in [0.29, 0.717) is 24.2 Å². The van der Waals surface area contributed by atoms with Gasteiger partial charge in [0.15, 0.2) is 0 Å². The molecule has 0 radical (unpaired) electrons. The number of amides is 3. The number of carbonyl (C=O) groups is 3. The predicted molar refractivity (Wildman–Crippen MR) is 168 cm³/mol. The molecule has 0 bridgehead atoms. The zero-order valence-corrected chi connectivity index (χ0v) is 26.2. The summed E-state index contributed by atoms with van der Waals surface area (Å²) >= 11 is 0. The number of nitrogens with one attached hydrogen (secondary N) is 2. The van der Waals surface area contributed by atoms with Crippen LogP contribution in [0.2, 0.25) is 0 Å². The molecule has 0 aliphatic heterocycles. The number of rotatable bonds is 25. The highest BCUT2D eigenvalue weighted by molar-refractivity contribution is 5.98. The fourth-order valence-corrected chi connectivity index (χ4v) is 4.84. The largest absolute Gasteiger partial charge is 0.445 e. The van der Waals surface area contributed by atoms with E-state index in [1.54, 1.807) is 6.07 Å². The molecule has 0 aromatic heterocycles. The second-order valence-electron chi connectivity index (χ2n) is 11.5. The van der Waals surface area contributed by atoms with Crippen molar-refractivity contribution >= 4 is 17.9 Å². The molecular weight excluding hydrogens is 516 g/mol. The summed E-state index contributed by atoms with van der Waals surface area (Å²) in [6.45, 7) is 4.07. The van der Waals surface area contributed by atoms with E-state index in [4.69, 9.17) is 10.5 Å². The normalized spacial score (nSPS) is 11.0. The zero-order valence-electron chi connectivity index (χ0n) is 26.2. The van der Waals surface area contributed by atoms with Crippen LogP contribution < -0.4 is 16.4 Å². The Balaban J connectivity index is 2.22. The average Bonchev–Trinajstić information content (AvgIpc) is 2.95. The number of unbranched alkanes of at least 4 members (excludes halogenated alkanes) is 15. The van der Waals surface area contributed by atoms with E-state index in [1.807, 2.05) is 19.0 Å². The van der Waals surface area contributed by atoms with E-state index < -0.39 is 12.0 Å². The van der Waals surface area contributed by atoms with Crippen molar-refractivity contribution in [2.24, 2.45) is 5.73 Å². The molecule has 8 nitrogen and oxygen atoms in total. The van der Waals surface area contributed by atoms with Crippen LogP contribution in [-0.4, -0.2) is 56.5 Å². The van der Waals surface area contributed by atoms with Crippen molar-refractivity contribution in [3.05, 3.63) is 34.9 Å². The minimum absolute atomic E-state index is 0.123. The molecule has 1 rings (SSSR count). The lowest BCUT2D eigenvalue weighted by molar-refractivity contribution is 0.0943. The van der Waals surface area contributed by atoms with Crippen molar-refractivity contribution in [3.8, 4) is 0 Å². The molecule has 4 N–H and O–H groups in total. The highest BCUT2D eigenvalue weighted by atomic mass is 16.5. The lowest BCUT2D eigenvalue weighted by atomic mass is 10.0. The molecule has 1 aromatic rings. The molecule has 234 valence electrons. The van der Waals surface area contributed by atoms with Crippen LogP contribution in [0.3, 0.4) is 0 Å². The number of nitrogens with two attached hydrogens (primary N) is 1. The van der Waals surface area contributed by atoms with Gasteiger partial charge in [0.05, 0.1) is 0 Å². The van der Waals surface area contributed by atoms with Crippen molar-refractivity contribution in [2.75, 3.05) is 33.7 Å². The first-order valence-electron chi connectivity index (χ1n) is 16.1. The lowest BCUT2D eigenvalue weighted by Gasteiger charge is -2.13. The Morgan fingerprint density at radius 1 is 0.732 bits per heavy atom. The number of benzene rings is 1. The van der Waals surface area contributed by atoms with Gasteiger partial charge in [0.25, 0.3) is 5.91 Å². The summed E-state index contributed by atoms with van der Waals surface area (Å²) in [6.07, 6.45) is 21.2. The van der Waals surface area contributed by atoms with E-state index in [1.165, 1.54) is 102 Å². The van der Waals surface area contributed by atoms with Crippen LogP contribution in [0.25, 0.3) is 0 Å². The third-order valence-electron chi connectivity index (χ3n) is 7.36. The predicted octanol–water partition coefficient (Wildman–Crippen LogP) is 6.95. The SMILES string of the molecule is CCCCCCCCCCCCCCCCCCNC(=O)c1ccc(C(N)=O)cc1COC(=O)NCCCN(C)C. The highest BCUT2D eigenvalue weighted by Crippen LogP contribution is 2.15. The molecule has 3 amide bonds. The summed E-state index contributed by atoms with van der Waals surface area (Å²) in [5.41, 5.74) is 6.52. The molecule has 1 aromatic carbocycles. The zero-order chi connectivity index (χ0) is 30.1. The molecule has 0 heterocycles. The molecule has 0 unspecified atom stereocenters. The first-order valence-corrected chi connectivity index (χ1v) is 16.1. The topological polar surface area (TPSA) is 114 Å². The molecule has 0 saturated carbocycles. The Morgan fingerprint density at radius 2 is 1.24 bits per heavy atom. The van der Waals surface area contributed by atoms with E-state index in [-0.39, 0.29) is 18.1 Å². The summed E-state index contributed by atoms with van der Waals surface area (Å²) in [6, 6.07) is 4.61. The summed E-state index contributed by atoms with van der Waals surface area (Å²) < 4.78 is 5.30. The van der Waals surface area contributed by atoms with Crippen LogP contribution in [0.5, 0.6) is 0 Å². The lowest BCUT2D eigenvalue weighted by Crippen LogP contribution is -2.29. The maximum atomic E-state index is 12.8. The fourth-order valence-electron chi connectivity index (χ4n) is 4.84. The maximum absolute atomic E-state index is 12.8. The number of ether oxygens (including phenoxy) is 1. The van der Waals surface area contributed by atoms with Gasteiger partial charge < -0.3 is 26.0 Å². The van der Waals surface area contributed by atoms with Gasteiger partial charge in [0, 0.05) is 29.8 Å². The third kappa shape index (κ3) is 19.2. The molecular formula is C33H58N4O4. The van der Waals surface area contributed by atoms with Crippen molar-refractivity contribution in [1.82, 2.24) is 15.5 Å². The van der Waals surface area contributed by atoms with Gasteiger partial charge >= 0.3 is 6.09 Å². The monoisotopic (exact) mass is 574 g/mol. The van der Waals surface area contributed by atoms with Gasteiger partial charge in [0.2, 0.25) is 5.91 Å². The van der Waals surface area contributed by atoms with E-state index in [9.17, 15) is 14.4 Å². The summed E-state index contributed by atoms with van der Waals surface area (Å²) in [5, 5.41) is 5.66. The van der Waals surface area contributed by atoms with Gasteiger partial charge in [-0.25, -0.2) is 4.79 Å². The molecule has 0 spiro atoms. The molecule has 0 fully saturated rings. The minimum atomic E-state index is -0.598. The third-order valence-corrected chi connectivity index (χ3v) is 7.36. The number of primary amides is 1. The van der Waals surface area contributed by atoms with Gasteiger partial charge in [-0.2, -0.15) is 0 Å². The molecule has 0 aliphatic carbocycles. The van der Waals surface area contributed by atoms with Crippen molar-refractivity contribution in [2.45, 2.75) is 123 Å². The maximum Gasteiger partial charge on any atom is 0.407 e. The Hall–Kier alpha value is -2.61. The Labute approximate surface area is 249 Å². The van der Waals surface area contributed by atoms with Gasteiger partial charge in [0.1, 0.15) is 6.61 Å². The quantitative estimate of drug-likeness (QED) is 0.109. The van der Waals surface area contributed by atoms with Crippen molar-refractivity contribution in [1.29, 1.82) is 0 Å². The number of hydrogen-bond acceptors (Lipinski definition) is 5. The second-order valence-corrected chi connectivity index (χ2v) is 11.5. The van der Waals surface area contributed by atoms with Crippen LogP contribution >= 0.6 is 0 Å². The first-order chi connectivity index (χ1) is 19.8. The Bertz CT molecular complexity index is 860. The van der Waals surface area contributed by atoms with Gasteiger partial charge in [-0.15, -0.1) is 0 Å². The smallest absolute Gasteiger partial charge is 0.407 e. The molecule has 8 heteroatoms. The van der Waals surface area contributed by atoms with Gasteiger partial charge in [-0.05, 0) is 51.7 Å². The van der Waals surface area contributed by atoms with E-state index >= 15 is 0 Å². The van der Waals surface area contributed by atoms with Crippen molar-refractivity contribution in [3.63, 3.8) is 0 Å². The van der Waals surface area contributed by atoms with Gasteiger partial charge in [-0.1, -0.05) is 103 Å². The summed E-state index contributed by atoms with van der Waals surface area (Å²) in [7, 11) is 3.94. The Kier molecular flexibility index (Phi) is 21.3. The first kappa shape index (κ1) is 36.4. The van der Waals surface area contributed by atoms with Gasteiger partial charge in [-0.3, -0.25) is 9.59 Å². The molecule has 0 atom stereocenters. The van der Waals surface area contributed by atoms with Crippen LogP contribution in [0.4, 0.5) is 4.79 Å². The second kappa shape index (κ2) is 24.0. The number of nitrogens with zero attached hydrogens (tertiary/aromatic N) is 1. The van der Waals surface area contributed by atoms with Crippen LogP contribution in [0, 0.1) is 0 Å². The molecule has 41 heavy (non-hydrogen) atoms. The summed E-state index contributed by atoms with van der Waals surface area (Å²) in [4.78, 5) is 38.6. The van der Waals surface area contributed by atoms with Crippen molar-refractivity contribution < 1.29 is 19.1 Å². The van der Waals surface area contributed by atoms with Crippen LogP contribution in [0.15, 0.2) is 18.2 Å². The molecule has 0 aliphatic rings.